The smallest absolute Gasteiger partial charge is 0.326 e. The first-order valence-electron chi connectivity index (χ1n) is 7.35. The highest BCUT2D eigenvalue weighted by Crippen LogP contribution is 2.14. The minimum absolute atomic E-state index is 0.329. The lowest BCUT2D eigenvalue weighted by molar-refractivity contribution is -0.139. The van der Waals surface area contributed by atoms with Gasteiger partial charge in [0.1, 0.15) is 6.04 Å². The zero-order valence-electron chi connectivity index (χ0n) is 12.7. The highest BCUT2D eigenvalue weighted by atomic mass is 79.9. The zero-order chi connectivity index (χ0) is 16.8. The van der Waals surface area contributed by atoms with Gasteiger partial charge in [-0.15, -0.1) is 0 Å². The number of carbonyl (C=O) groups excluding carboxylic acids is 1. The van der Waals surface area contributed by atoms with Gasteiger partial charge in [0.15, 0.2) is 0 Å². The van der Waals surface area contributed by atoms with Crippen molar-refractivity contribution in [3.05, 3.63) is 46.7 Å². The molecule has 2 rings (SSSR count). The Hall–Kier alpha value is -2.15. The van der Waals surface area contributed by atoms with Gasteiger partial charge in [-0.2, -0.15) is 5.10 Å². The number of nitrogens with zero attached hydrogens (tertiary/aromatic N) is 2. The van der Waals surface area contributed by atoms with Crippen molar-refractivity contribution in [2.75, 3.05) is 0 Å². The Morgan fingerprint density at radius 1 is 1.35 bits per heavy atom. The average molecular weight is 380 g/mol. The number of aliphatic carboxylic acids is 1. The number of carboxylic acids is 1. The fourth-order valence-electron chi connectivity index (χ4n) is 2.08. The van der Waals surface area contributed by atoms with Gasteiger partial charge in [-0.1, -0.05) is 35.7 Å². The molecule has 23 heavy (non-hydrogen) atoms. The number of amides is 1. The summed E-state index contributed by atoms with van der Waals surface area (Å²) >= 11 is 3.36. The highest BCUT2D eigenvalue weighted by Gasteiger charge is 2.20. The van der Waals surface area contributed by atoms with Gasteiger partial charge in [0.25, 0.3) is 5.91 Å². The van der Waals surface area contributed by atoms with Crippen LogP contribution >= 0.6 is 15.9 Å². The molecular weight excluding hydrogens is 362 g/mol. The zero-order valence-corrected chi connectivity index (χ0v) is 14.3. The molecule has 0 radical (unpaired) electrons. The van der Waals surface area contributed by atoms with E-state index in [2.05, 4.69) is 26.3 Å². The Labute approximate surface area is 142 Å². The van der Waals surface area contributed by atoms with Crippen molar-refractivity contribution in [3.8, 4) is 5.69 Å². The van der Waals surface area contributed by atoms with E-state index in [9.17, 15) is 9.59 Å². The average Bonchev–Trinajstić information content (AvgIpc) is 3.01. The summed E-state index contributed by atoms with van der Waals surface area (Å²) in [6.07, 6.45) is 5.04. The number of carboxylic acid groups (broad SMARTS) is 1. The second-order valence-corrected chi connectivity index (χ2v) is 6.07. The van der Waals surface area contributed by atoms with E-state index in [1.54, 1.807) is 10.9 Å². The molecule has 7 heteroatoms. The van der Waals surface area contributed by atoms with Crippen molar-refractivity contribution >= 4 is 27.8 Å². The molecule has 1 heterocycles. The van der Waals surface area contributed by atoms with Crippen LogP contribution in [0.15, 0.2) is 41.1 Å². The van der Waals surface area contributed by atoms with Crippen molar-refractivity contribution in [1.82, 2.24) is 15.1 Å². The lowest BCUT2D eigenvalue weighted by atomic mass is 10.1. The molecule has 0 aliphatic carbocycles. The topological polar surface area (TPSA) is 84.2 Å². The molecule has 2 N–H and O–H groups in total. The van der Waals surface area contributed by atoms with Crippen LogP contribution in [0.1, 0.15) is 36.5 Å². The molecular formula is C16H18BrN3O3. The molecule has 0 unspecified atom stereocenters. The van der Waals surface area contributed by atoms with Crippen LogP contribution in [0.5, 0.6) is 0 Å². The third-order valence-corrected chi connectivity index (χ3v) is 3.91. The molecule has 0 fully saturated rings. The number of hydrogen-bond donors (Lipinski definition) is 2. The van der Waals surface area contributed by atoms with Gasteiger partial charge in [0, 0.05) is 10.7 Å². The normalized spacial score (nSPS) is 11.9. The summed E-state index contributed by atoms with van der Waals surface area (Å²) in [5.74, 6) is -1.45. The number of halogens is 1. The minimum atomic E-state index is -1.02. The minimum Gasteiger partial charge on any atom is -0.480 e. The van der Waals surface area contributed by atoms with Crippen molar-refractivity contribution < 1.29 is 14.7 Å². The van der Waals surface area contributed by atoms with Crippen molar-refractivity contribution in [2.45, 2.75) is 32.2 Å². The maximum Gasteiger partial charge on any atom is 0.326 e. The van der Waals surface area contributed by atoms with Gasteiger partial charge in [0.05, 0.1) is 17.4 Å². The largest absolute Gasteiger partial charge is 0.480 e. The van der Waals surface area contributed by atoms with Crippen molar-refractivity contribution in [3.63, 3.8) is 0 Å². The first-order valence-corrected chi connectivity index (χ1v) is 8.15. The fourth-order valence-corrected chi connectivity index (χ4v) is 2.35. The van der Waals surface area contributed by atoms with Crippen LogP contribution in [0.2, 0.25) is 0 Å². The molecule has 0 spiro atoms. The molecule has 0 aliphatic heterocycles. The van der Waals surface area contributed by atoms with Crippen LogP contribution in [-0.4, -0.2) is 32.8 Å². The molecule has 1 amide bonds. The van der Waals surface area contributed by atoms with Gasteiger partial charge < -0.3 is 10.4 Å². The predicted molar refractivity (Wildman–Crippen MR) is 89.7 cm³/mol. The monoisotopic (exact) mass is 379 g/mol. The van der Waals surface area contributed by atoms with Gasteiger partial charge in [-0.25, -0.2) is 9.48 Å². The highest BCUT2D eigenvalue weighted by molar-refractivity contribution is 9.10. The molecule has 2 aromatic rings. The quantitative estimate of drug-likeness (QED) is 0.774. The first kappa shape index (κ1) is 17.2. The van der Waals surface area contributed by atoms with Crippen LogP contribution in [0.25, 0.3) is 5.69 Å². The predicted octanol–water partition coefficient (Wildman–Crippen LogP) is 3.01. The number of rotatable bonds is 7. The van der Waals surface area contributed by atoms with E-state index < -0.39 is 17.9 Å². The Bertz CT molecular complexity index is 682. The standard InChI is InChI=1S/C16H18BrN3O3/c1-2-3-4-14(16(22)23)19-15(21)11-9-18-20(10-11)13-7-5-12(17)6-8-13/h5-10,14H,2-4H2,1H3,(H,19,21)(H,22,23)/t14-/m0/s1. The molecule has 122 valence electrons. The van der Waals surface area contributed by atoms with Crippen molar-refractivity contribution in [2.24, 2.45) is 0 Å². The molecule has 0 saturated carbocycles. The van der Waals surface area contributed by atoms with E-state index in [1.807, 2.05) is 31.2 Å². The van der Waals surface area contributed by atoms with Gasteiger partial charge in [-0.05, 0) is 30.7 Å². The second kappa shape index (κ2) is 7.92. The Morgan fingerprint density at radius 2 is 2.04 bits per heavy atom. The molecule has 1 aromatic carbocycles. The lowest BCUT2D eigenvalue weighted by Crippen LogP contribution is -2.40. The number of nitrogens with one attached hydrogen (secondary N) is 1. The van der Waals surface area contributed by atoms with Crippen LogP contribution in [0.3, 0.4) is 0 Å². The Balaban J connectivity index is 2.08. The van der Waals surface area contributed by atoms with Crippen LogP contribution in [-0.2, 0) is 4.79 Å². The maximum atomic E-state index is 12.2. The maximum absolute atomic E-state index is 12.2. The van der Waals surface area contributed by atoms with Gasteiger partial charge in [0.2, 0.25) is 0 Å². The molecule has 0 saturated heterocycles. The van der Waals surface area contributed by atoms with E-state index in [-0.39, 0.29) is 0 Å². The van der Waals surface area contributed by atoms with Crippen LogP contribution < -0.4 is 5.32 Å². The van der Waals surface area contributed by atoms with E-state index in [1.165, 1.54) is 6.20 Å². The van der Waals surface area contributed by atoms with E-state index >= 15 is 0 Å². The summed E-state index contributed by atoms with van der Waals surface area (Å²) in [7, 11) is 0. The van der Waals surface area contributed by atoms with Crippen LogP contribution in [0.4, 0.5) is 0 Å². The van der Waals surface area contributed by atoms with Gasteiger partial charge >= 0.3 is 5.97 Å². The third kappa shape index (κ3) is 4.66. The summed E-state index contributed by atoms with van der Waals surface area (Å²) in [4.78, 5) is 23.4. The number of aromatic nitrogens is 2. The van der Waals surface area contributed by atoms with E-state index in [0.29, 0.717) is 12.0 Å². The first-order chi connectivity index (χ1) is 11.0. The number of carbonyl (C=O) groups is 2. The fraction of sp³-hybridized carbons (Fsp3) is 0.312. The molecule has 0 aliphatic rings. The molecule has 1 atom stereocenters. The second-order valence-electron chi connectivity index (χ2n) is 5.16. The SMILES string of the molecule is CCCC[C@H](NC(=O)c1cnn(-c2ccc(Br)cc2)c1)C(=O)O. The van der Waals surface area contributed by atoms with Crippen molar-refractivity contribution in [1.29, 1.82) is 0 Å². The summed E-state index contributed by atoms with van der Waals surface area (Å²) in [6.45, 7) is 1.98. The molecule has 0 bridgehead atoms. The number of benzene rings is 1. The van der Waals surface area contributed by atoms with E-state index in [0.717, 1.165) is 23.0 Å². The van der Waals surface area contributed by atoms with Crippen LogP contribution in [0, 0.1) is 0 Å². The number of hydrogen-bond acceptors (Lipinski definition) is 3. The summed E-state index contributed by atoms with van der Waals surface area (Å²) < 4.78 is 2.52. The van der Waals surface area contributed by atoms with Gasteiger partial charge in [-0.3, -0.25) is 4.79 Å². The third-order valence-electron chi connectivity index (χ3n) is 3.39. The lowest BCUT2D eigenvalue weighted by Gasteiger charge is -2.13. The number of unbranched alkanes of at least 4 members (excludes halogenated alkanes) is 1. The summed E-state index contributed by atoms with van der Waals surface area (Å²) in [6, 6.07) is 6.60. The molecule has 6 nitrogen and oxygen atoms in total. The Morgan fingerprint density at radius 3 is 2.65 bits per heavy atom. The summed E-state index contributed by atoms with van der Waals surface area (Å²) in [5, 5.41) is 15.9. The molecule has 1 aromatic heterocycles. The Kier molecular flexibility index (Phi) is 5.92. The summed E-state index contributed by atoms with van der Waals surface area (Å²) in [5.41, 5.74) is 1.14. The van der Waals surface area contributed by atoms with E-state index in [4.69, 9.17) is 5.11 Å².